The summed E-state index contributed by atoms with van der Waals surface area (Å²) in [6, 6.07) is 5.59. The van der Waals surface area contributed by atoms with Gasteiger partial charge in [0, 0.05) is 24.1 Å². The van der Waals surface area contributed by atoms with Gasteiger partial charge in [0.1, 0.15) is 11.3 Å². The molecule has 3 rings (SSSR count). The molecule has 0 spiro atoms. The highest BCUT2D eigenvalue weighted by Crippen LogP contribution is 2.27. The summed E-state index contributed by atoms with van der Waals surface area (Å²) >= 11 is 0. The highest BCUT2D eigenvalue weighted by Gasteiger charge is 2.18. The van der Waals surface area contributed by atoms with Crippen LogP contribution in [-0.2, 0) is 16.0 Å². The van der Waals surface area contributed by atoms with Crippen molar-refractivity contribution in [2.24, 2.45) is 0 Å². The first-order valence-corrected chi connectivity index (χ1v) is 8.28. The minimum Gasteiger partial charge on any atom is -0.464 e. The summed E-state index contributed by atoms with van der Waals surface area (Å²) in [4.78, 5) is 25.9. The third kappa shape index (κ3) is 3.61. The SMILES string of the molecule is Cc1cc(NC(=O)CN(C)C(=O)Cc2coc3c(C)c(C)ccc23)no1. The number of benzene rings is 1. The number of carbonyl (C=O) groups is 2. The minimum atomic E-state index is -0.335. The predicted octanol–water partition coefficient (Wildman–Crippen LogP) is 2.99. The summed E-state index contributed by atoms with van der Waals surface area (Å²) in [5.41, 5.74) is 3.82. The normalized spacial score (nSPS) is 10.9. The maximum atomic E-state index is 12.5. The van der Waals surface area contributed by atoms with Crippen molar-refractivity contribution in [3.63, 3.8) is 0 Å². The molecule has 0 fully saturated rings. The molecule has 7 heteroatoms. The van der Waals surface area contributed by atoms with E-state index in [1.54, 1.807) is 26.3 Å². The Hall–Kier alpha value is -3.09. The smallest absolute Gasteiger partial charge is 0.245 e. The quantitative estimate of drug-likeness (QED) is 0.760. The summed E-state index contributed by atoms with van der Waals surface area (Å²) in [6.45, 7) is 5.68. The van der Waals surface area contributed by atoms with Crippen LogP contribution in [0.15, 0.2) is 33.4 Å². The van der Waals surface area contributed by atoms with E-state index in [-0.39, 0.29) is 24.8 Å². The lowest BCUT2D eigenvalue weighted by Crippen LogP contribution is -2.35. The molecule has 0 aliphatic heterocycles. The van der Waals surface area contributed by atoms with Crippen LogP contribution in [0.25, 0.3) is 11.0 Å². The number of anilines is 1. The van der Waals surface area contributed by atoms with Gasteiger partial charge in [-0.1, -0.05) is 17.3 Å². The summed E-state index contributed by atoms with van der Waals surface area (Å²) in [6.07, 6.45) is 1.78. The van der Waals surface area contributed by atoms with Crippen LogP contribution < -0.4 is 5.32 Å². The van der Waals surface area contributed by atoms with E-state index in [1.165, 1.54) is 4.90 Å². The molecule has 0 saturated carbocycles. The van der Waals surface area contributed by atoms with Gasteiger partial charge in [0.05, 0.1) is 19.2 Å². The van der Waals surface area contributed by atoms with Gasteiger partial charge >= 0.3 is 0 Å². The number of carbonyl (C=O) groups excluding carboxylic acids is 2. The Morgan fingerprint density at radius 1 is 1.23 bits per heavy atom. The van der Waals surface area contributed by atoms with E-state index in [4.69, 9.17) is 8.94 Å². The van der Waals surface area contributed by atoms with E-state index in [2.05, 4.69) is 10.5 Å². The number of hydrogen-bond donors (Lipinski definition) is 1. The van der Waals surface area contributed by atoms with Crippen molar-refractivity contribution in [1.29, 1.82) is 0 Å². The van der Waals surface area contributed by atoms with Gasteiger partial charge in [-0.25, -0.2) is 0 Å². The predicted molar refractivity (Wildman–Crippen MR) is 96.9 cm³/mol. The molecule has 1 N–H and O–H groups in total. The first-order valence-electron chi connectivity index (χ1n) is 8.28. The zero-order chi connectivity index (χ0) is 18.8. The molecule has 0 saturated heterocycles. The Labute approximate surface area is 150 Å². The average molecular weight is 355 g/mol. The lowest BCUT2D eigenvalue weighted by molar-refractivity contribution is -0.132. The van der Waals surface area contributed by atoms with Crippen LogP contribution in [0, 0.1) is 20.8 Å². The Morgan fingerprint density at radius 3 is 2.69 bits per heavy atom. The maximum absolute atomic E-state index is 12.5. The van der Waals surface area contributed by atoms with Gasteiger partial charge < -0.3 is 19.2 Å². The third-order valence-corrected chi connectivity index (χ3v) is 4.39. The Kier molecular flexibility index (Phi) is 4.79. The van der Waals surface area contributed by atoms with Crippen LogP contribution in [0.1, 0.15) is 22.5 Å². The number of fused-ring (bicyclic) bond motifs is 1. The first kappa shape index (κ1) is 17.7. The van der Waals surface area contributed by atoms with Crippen molar-refractivity contribution < 1.29 is 18.5 Å². The van der Waals surface area contributed by atoms with Crippen molar-refractivity contribution in [3.05, 3.63) is 46.9 Å². The molecule has 0 radical (unpaired) electrons. The number of nitrogens with one attached hydrogen (secondary N) is 1. The van der Waals surface area contributed by atoms with Crippen molar-refractivity contribution >= 4 is 28.6 Å². The highest BCUT2D eigenvalue weighted by molar-refractivity contribution is 5.95. The Balaban J connectivity index is 1.64. The Morgan fingerprint density at radius 2 is 2.00 bits per heavy atom. The molecule has 0 aliphatic carbocycles. The number of aromatic nitrogens is 1. The summed E-state index contributed by atoms with van der Waals surface area (Å²) < 4.78 is 10.5. The second-order valence-corrected chi connectivity index (χ2v) is 6.44. The van der Waals surface area contributed by atoms with E-state index in [0.29, 0.717) is 11.6 Å². The van der Waals surface area contributed by atoms with Gasteiger partial charge in [0.2, 0.25) is 11.8 Å². The number of aryl methyl sites for hydroxylation is 3. The molecular weight excluding hydrogens is 334 g/mol. The number of rotatable bonds is 5. The van der Waals surface area contributed by atoms with Gasteiger partial charge in [-0.15, -0.1) is 0 Å². The molecule has 7 nitrogen and oxygen atoms in total. The highest BCUT2D eigenvalue weighted by atomic mass is 16.5. The minimum absolute atomic E-state index is 0.0708. The zero-order valence-corrected chi connectivity index (χ0v) is 15.3. The van der Waals surface area contributed by atoms with Crippen LogP contribution in [0.5, 0.6) is 0 Å². The standard InChI is InChI=1S/C19H21N3O4/c1-11-5-6-15-14(10-25-19(15)13(11)3)8-18(24)22(4)9-17(23)20-16-7-12(2)26-21-16/h5-7,10H,8-9H2,1-4H3,(H,20,21,23). The van der Waals surface area contributed by atoms with E-state index in [9.17, 15) is 9.59 Å². The molecule has 0 unspecified atom stereocenters. The molecule has 136 valence electrons. The summed E-state index contributed by atoms with van der Waals surface area (Å²) in [7, 11) is 1.59. The molecule has 2 aromatic heterocycles. The topological polar surface area (TPSA) is 88.6 Å². The molecule has 26 heavy (non-hydrogen) atoms. The van der Waals surface area contributed by atoms with E-state index >= 15 is 0 Å². The van der Waals surface area contributed by atoms with Crippen molar-refractivity contribution in [3.8, 4) is 0 Å². The van der Waals surface area contributed by atoms with E-state index in [1.807, 2.05) is 26.0 Å². The lowest BCUT2D eigenvalue weighted by atomic mass is 10.0. The first-order chi connectivity index (χ1) is 12.3. The molecule has 0 bridgehead atoms. The van der Waals surface area contributed by atoms with Crippen molar-refractivity contribution in [2.45, 2.75) is 27.2 Å². The lowest BCUT2D eigenvalue weighted by Gasteiger charge is -2.16. The molecule has 0 atom stereocenters. The van der Waals surface area contributed by atoms with Crippen LogP contribution >= 0.6 is 0 Å². The van der Waals surface area contributed by atoms with Crippen molar-refractivity contribution in [2.75, 3.05) is 18.9 Å². The molecule has 0 aliphatic rings. The van der Waals surface area contributed by atoms with Gasteiger partial charge in [-0.3, -0.25) is 9.59 Å². The fourth-order valence-electron chi connectivity index (χ4n) is 2.73. The third-order valence-electron chi connectivity index (χ3n) is 4.39. The summed E-state index contributed by atoms with van der Waals surface area (Å²) in [5, 5.41) is 7.22. The largest absolute Gasteiger partial charge is 0.464 e. The van der Waals surface area contributed by atoms with Crippen LogP contribution in [0.3, 0.4) is 0 Å². The number of hydrogen-bond acceptors (Lipinski definition) is 5. The van der Waals surface area contributed by atoms with Gasteiger partial charge in [0.25, 0.3) is 0 Å². The van der Waals surface area contributed by atoms with Gasteiger partial charge in [-0.05, 0) is 31.9 Å². The maximum Gasteiger partial charge on any atom is 0.245 e. The average Bonchev–Trinajstić information content (AvgIpc) is 3.17. The van der Waals surface area contributed by atoms with Crippen molar-refractivity contribution in [1.82, 2.24) is 10.1 Å². The van der Waals surface area contributed by atoms with Crippen LogP contribution in [0.2, 0.25) is 0 Å². The van der Waals surface area contributed by atoms with E-state index in [0.717, 1.165) is 27.7 Å². The fourth-order valence-corrected chi connectivity index (χ4v) is 2.73. The van der Waals surface area contributed by atoms with Gasteiger partial charge in [-0.2, -0.15) is 0 Å². The second-order valence-electron chi connectivity index (χ2n) is 6.44. The van der Waals surface area contributed by atoms with Gasteiger partial charge in [0.15, 0.2) is 5.82 Å². The monoisotopic (exact) mass is 355 g/mol. The number of furan rings is 1. The molecule has 2 heterocycles. The van der Waals surface area contributed by atoms with Crippen LogP contribution in [-0.4, -0.2) is 35.5 Å². The van der Waals surface area contributed by atoms with E-state index < -0.39 is 0 Å². The number of nitrogens with zero attached hydrogens (tertiary/aromatic N) is 2. The molecule has 3 aromatic rings. The summed E-state index contributed by atoms with van der Waals surface area (Å²) in [5.74, 6) is 0.428. The van der Waals surface area contributed by atoms with Crippen LogP contribution in [0.4, 0.5) is 5.82 Å². The molecule has 1 aromatic carbocycles. The zero-order valence-electron chi connectivity index (χ0n) is 15.3. The number of amides is 2. The molecule has 2 amide bonds. The number of likely N-dealkylation sites (N-methyl/N-ethyl adjacent to an activating group) is 1. The Bertz CT molecular complexity index is 970. The second kappa shape index (κ2) is 7.03. The molecular formula is C19H21N3O4. The fraction of sp³-hybridized carbons (Fsp3) is 0.316.